The molecule has 0 radical (unpaired) electrons. The summed E-state index contributed by atoms with van der Waals surface area (Å²) in [5.74, 6) is 1.36. The molecule has 1 aliphatic heterocycles. The molecule has 1 unspecified atom stereocenters. The minimum atomic E-state index is -0.335. The molecule has 1 atom stereocenters. The fraction of sp³-hybridized carbons (Fsp3) is 0.0222. The van der Waals surface area contributed by atoms with E-state index in [2.05, 4.69) is 108 Å². The van der Waals surface area contributed by atoms with Crippen molar-refractivity contribution in [2.45, 2.75) is 6.17 Å². The van der Waals surface area contributed by atoms with E-state index in [0.717, 1.165) is 66.4 Å². The first-order valence-electron chi connectivity index (χ1n) is 17.0. The van der Waals surface area contributed by atoms with Gasteiger partial charge in [-0.25, -0.2) is 9.98 Å². The highest BCUT2D eigenvalue weighted by Crippen LogP contribution is 2.41. The predicted molar refractivity (Wildman–Crippen MR) is 211 cm³/mol. The molecule has 1 N–H and O–H groups in total. The van der Waals surface area contributed by atoms with Crippen molar-refractivity contribution in [1.82, 2.24) is 5.32 Å². The van der Waals surface area contributed by atoms with Crippen molar-refractivity contribution in [3.05, 3.63) is 168 Å². The summed E-state index contributed by atoms with van der Waals surface area (Å²) in [5.41, 5.74) is 8.58. The second-order valence-corrected chi connectivity index (χ2v) is 14.0. The van der Waals surface area contributed by atoms with Crippen molar-refractivity contribution in [3.8, 4) is 11.1 Å². The summed E-state index contributed by atoms with van der Waals surface area (Å²) in [7, 11) is 0. The van der Waals surface area contributed by atoms with Gasteiger partial charge in [0.2, 0.25) is 0 Å². The molecule has 7 aromatic carbocycles. The first-order chi connectivity index (χ1) is 25.2. The maximum absolute atomic E-state index is 6.42. The Morgan fingerprint density at radius 2 is 1.18 bits per heavy atom. The van der Waals surface area contributed by atoms with Gasteiger partial charge in [0.25, 0.3) is 0 Å². The summed E-state index contributed by atoms with van der Waals surface area (Å²) in [6, 6.07) is 52.7. The number of nitrogens with one attached hydrogen (secondary N) is 1. The molecule has 0 saturated heterocycles. The molecule has 6 heteroatoms. The van der Waals surface area contributed by atoms with Crippen LogP contribution in [0.1, 0.15) is 22.9 Å². The van der Waals surface area contributed by atoms with Gasteiger partial charge in [0.05, 0.1) is 5.56 Å². The fourth-order valence-electron chi connectivity index (χ4n) is 7.51. The quantitative estimate of drug-likeness (QED) is 0.202. The summed E-state index contributed by atoms with van der Waals surface area (Å²) in [6.07, 6.45) is -0.335. The normalized spacial score (nSPS) is 14.9. The van der Waals surface area contributed by atoms with Gasteiger partial charge in [0.15, 0.2) is 5.84 Å². The lowest BCUT2D eigenvalue weighted by atomic mass is 10.00. The molecule has 10 aromatic rings. The van der Waals surface area contributed by atoms with Crippen molar-refractivity contribution in [2.75, 3.05) is 0 Å². The molecule has 1 aliphatic rings. The molecule has 240 valence electrons. The zero-order valence-corrected chi connectivity index (χ0v) is 27.9. The summed E-state index contributed by atoms with van der Waals surface area (Å²) < 4.78 is 15.4. The number of rotatable bonds is 4. The number of furan rings is 2. The Hall–Kier alpha value is -6.50. The average molecular weight is 674 g/mol. The van der Waals surface area contributed by atoms with Crippen molar-refractivity contribution < 1.29 is 8.83 Å². The first-order valence-corrected chi connectivity index (χ1v) is 17.8. The van der Waals surface area contributed by atoms with Crippen LogP contribution in [0.15, 0.2) is 170 Å². The van der Waals surface area contributed by atoms with E-state index in [0.29, 0.717) is 5.84 Å². The van der Waals surface area contributed by atoms with Gasteiger partial charge in [0.1, 0.15) is 34.3 Å². The standard InChI is InChI=1S/C45H27N3O2S/c1-2-10-26(11-3-1)43-46-44(48-45(47-43)34-17-9-15-32-30-12-4-6-18-37(30)50-41(32)34)28-21-23-39-36(25-28)35-24-27(20-22-38(35)49-39)29-14-8-16-33-31-13-5-7-19-40(31)51-42(29)33/h1-25,43H,(H,46,47,48). The summed E-state index contributed by atoms with van der Waals surface area (Å²) >= 11 is 1.85. The average Bonchev–Trinajstić information content (AvgIpc) is 3.89. The van der Waals surface area contributed by atoms with Crippen molar-refractivity contribution in [1.29, 1.82) is 0 Å². The smallest absolute Gasteiger partial charge is 0.163 e. The van der Waals surface area contributed by atoms with E-state index in [1.807, 2.05) is 59.9 Å². The molecule has 0 spiro atoms. The maximum atomic E-state index is 6.42. The summed E-state index contributed by atoms with van der Waals surface area (Å²) in [5, 5.41) is 10.5. The topological polar surface area (TPSA) is 63.0 Å². The molecular weight excluding hydrogens is 647 g/mol. The molecule has 4 heterocycles. The van der Waals surface area contributed by atoms with Gasteiger partial charge in [-0.3, -0.25) is 0 Å². The SMILES string of the molecule is c1ccc(C2N=C(c3cccc4c3oc3ccccc34)N=C(c3ccc4oc5ccc(-c6cccc7c6sc6ccccc67)cc5c4c3)N2)cc1. The zero-order chi connectivity index (χ0) is 33.5. The number of nitrogens with zero attached hydrogens (tertiary/aromatic N) is 2. The van der Waals surface area contributed by atoms with Gasteiger partial charge >= 0.3 is 0 Å². The second-order valence-electron chi connectivity index (χ2n) is 13.0. The minimum absolute atomic E-state index is 0.335. The molecule has 3 aromatic heterocycles. The van der Waals surface area contributed by atoms with E-state index in [-0.39, 0.29) is 6.17 Å². The van der Waals surface area contributed by atoms with Crippen LogP contribution < -0.4 is 5.32 Å². The molecule has 51 heavy (non-hydrogen) atoms. The Labute approximate surface area is 295 Å². The van der Waals surface area contributed by atoms with E-state index in [1.54, 1.807) is 0 Å². The van der Waals surface area contributed by atoms with Crippen LogP contribution >= 0.6 is 11.3 Å². The molecule has 0 amide bonds. The van der Waals surface area contributed by atoms with Crippen LogP contribution in [0.3, 0.4) is 0 Å². The molecule has 0 fully saturated rings. The van der Waals surface area contributed by atoms with Gasteiger partial charge < -0.3 is 14.2 Å². The number of thiophene rings is 1. The van der Waals surface area contributed by atoms with E-state index in [1.165, 1.54) is 31.3 Å². The molecule has 11 rings (SSSR count). The highest BCUT2D eigenvalue weighted by Gasteiger charge is 2.24. The molecule has 0 saturated carbocycles. The number of fused-ring (bicyclic) bond motifs is 9. The summed E-state index contributed by atoms with van der Waals surface area (Å²) in [6.45, 7) is 0. The van der Waals surface area contributed by atoms with E-state index in [4.69, 9.17) is 18.8 Å². The van der Waals surface area contributed by atoms with Crippen molar-refractivity contribution in [3.63, 3.8) is 0 Å². The lowest BCUT2D eigenvalue weighted by molar-refractivity contribution is 0.663. The second kappa shape index (κ2) is 11.0. The highest BCUT2D eigenvalue weighted by atomic mass is 32.1. The molecule has 0 aliphatic carbocycles. The van der Waals surface area contributed by atoms with Crippen LogP contribution in [0.4, 0.5) is 0 Å². The zero-order valence-electron chi connectivity index (χ0n) is 27.1. The van der Waals surface area contributed by atoms with Gasteiger partial charge in [-0.2, -0.15) is 0 Å². The Morgan fingerprint density at radius 1 is 0.510 bits per heavy atom. The van der Waals surface area contributed by atoms with Gasteiger partial charge in [-0.05, 0) is 65.2 Å². The van der Waals surface area contributed by atoms with Crippen molar-refractivity contribution in [2.24, 2.45) is 9.98 Å². The lowest BCUT2D eigenvalue weighted by Gasteiger charge is -2.23. The number of amidine groups is 2. The number of benzene rings is 7. The first kappa shape index (κ1) is 28.3. The number of hydrogen-bond acceptors (Lipinski definition) is 6. The maximum Gasteiger partial charge on any atom is 0.163 e. The number of hydrogen-bond donors (Lipinski definition) is 1. The van der Waals surface area contributed by atoms with Crippen LogP contribution in [0.2, 0.25) is 0 Å². The monoisotopic (exact) mass is 673 g/mol. The van der Waals surface area contributed by atoms with Crippen LogP contribution in [0, 0.1) is 0 Å². The van der Waals surface area contributed by atoms with Crippen LogP contribution in [-0.2, 0) is 0 Å². The number of aliphatic imine (C=N–C) groups is 2. The van der Waals surface area contributed by atoms with Crippen molar-refractivity contribution >= 4 is 87.1 Å². The molecule has 5 nitrogen and oxygen atoms in total. The largest absolute Gasteiger partial charge is 0.456 e. The summed E-state index contributed by atoms with van der Waals surface area (Å²) in [4.78, 5) is 10.3. The van der Waals surface area contributed by atoms with Gasteiger partial charge in [-0.1, -0.05) is 103 Å². The molecular formula is C45H27N3O2S. The fourth-order valence-corrected chi connectivity index (χ4v) is 8.75. The highest BCUT2D eigenvalue weighted by molar-refractivity contribution is 7.26. The lowest BCUT2D eigenvalue weighted by Crippen LogP contribution is -2.33. The minimum Gasteiger partial charge on any atom is -0.456 e. The predicted octanol–water partition coefficient (Wildman–Crippen LogP) is 12.0. The Kier molecular flexibility index (Phi) is 6.12. The third-order valence-corrected chi connectivity index (χ3v) is 11.2. The van der Waals surface area contributed by atoms with E-state index >= 15 is 0 Å². The number of para-hydroxylation sites is 2. The third kappa shape index (κ3) is 4.47. The van der Waals surface area contributed by atoms with E-state index in [9.17, 15) is 0 Å². The Morgan fingerprint density at radius 3 is 2.04 bits per heavy atom. The van der Waals surface area contributed by atoms with Crippen LogP contribution in [0.25, 0.3) is 75.2 Å². The Bertz CT molecular complexity index is 3070. The Balaban J connectivity index is 1.06. The molecule has 0 bridgehead atoms. The van der Waals surface area contributed by atoms with Gasteiger partial charge in [-0.15, -0.1) is 11.3 Å². The van der Waals surface area contributed by atoms with Crippen LogP contribution in [-0.4, -0.2) is 11.7 Å². The third-order valence-electron chi connectivity index (χ3n) is 9.96. The van der Waals surface area contributed by atoms with Crippen LogP contribution in [0.5, 0.6) is 0 Å². The van der Waals surface area contributed by atoms with Gasteiger partial charge in [0, 0.05) is 47.3 Å². The van der Waals surface area contributed by atoms with E-state index < -0.39 is 0 Å².